The predicted molar refractivity (Wildman–Crippen MR) is 127 cm³/mol. The summed E-state index contributed by atoms with van der Waals surface area (Å²) in [7, 11) is -2.56. The van der Waals surface area contributed by atoms with Crippen LogP contribution in [0.25, 0.3) is 10.9 Å². The van der Waals surface area contributed by atoms with Gasteiger partial charge in [0.15, 0.2) is 0 Å². The Labute approximate surface area is 196 Å². The van der Waals surface area contributed by atoms with E-state index in [1.165, 1.54) is 12.1 Å². The summed E-state index contributed by atoms with van der Waals surface area (Å²) in [5, 5.41) is 13.6. The summed E-state index contributed by atoms with van der Waals surface area (Å²) < 4.78 is 58.0. The van der Waals surface area contributed by atoms with Crippen molar-refractivity contribution in [3.63, 3.8) is 0 Å². The van der Waals surface area contributed by atoms with E-state index in [0.717, 1.165) is 32.8 Å². The molecule has 34 heavy (non-hydrogen) atoms. The topological polar surface area (TPSA) is 88.0 Å². The van der Waals surface area contributed by atoms with Crippen molar-refractivity contribution in [3.05, 3.63) is 53.2 Å². The fourth-order valence-corrected chi connectivity index (χ4v) is 7.07. The fourth-order valence-electron chi connectivity index (χ4n) is 4.28. The van der Waals surface area contributed by atoms with Crippen LogP contribution in [0.1, 0.15) is 56.6 Å². The standard InChI is InChI=1S/C24H28F3N4O2P/c1-14(16-8-7-9-18(21(16)25)24(26,27)23(3,4)32)29-22-17-12-20(34(33)10-5-6-11-34)28-13-19(17)30-15(2)31-22/h7-9,12-14,32H,5-6,10-11H2,1-4H3,(H,29,30,31)/t14-/m1/s1. The van der Waals surface area contributed by atoms with E-state index in [1.54, 1.807) is 26.1 Å². The third kappa shape index (κ3) is 4.31. The van der Waals surface area contributed by atoms with Crippen LogP contribution in [0.2, 0.25) is 0 Å². The number of aryl methyl sites for hydroxylation is 1. The van der Waals surface area contributed by atoms with Gasteiger partial charge in [0.1, 0.15) is 35.6 Å². The second kappa shape index (κ2) is 8.61. The lowest BCUT2D eigenvalue weighted by Gasteiger charge is -2.30. The van der Waals surface area contributed by atoms with Gasteiger partial charge in [-0.15, -0.1) is 0 Å². The van der Waals surface area contributed by atoms with Crippen molar-refractivity contribution in [3.8, 4) is 0 Å². The number of hydrogen-bond donors (Lipinski definition) is 2. The number of hydrogen-bond acceptors (Lipinski definition) is 6. The maximum absolute atomic E-state index is 15.3. The monoisotopic (exact) mass is 492 g/mol. The number of pyridine rings is 1. The summed E-state index contributed by atoms with van der Waals surface area (Å²) in [5.74, 6) is -4.06. The molecule has 2 aromatic heterocycles. The Kier molecular flexibility index (Phi) is 6.23. The first kappa shape index (κ1) is 24.6. The highest BCUT2D eigenvalue weighted by Gasteiger charge is 2.49. The van der Waals surface area contributed by atoms with Gasteiger partial charge in [-0.05, 0) is 52.7 Å². The van der Waals surface area contributed by atoms with E-state index >= 15 is 4.39 Å². The predicted octanol–water partition coefficient (Wildman–Crippen LogP) is 5.29. The van der Waals surface area contributed by atoms with Gasteiger partial charge in [0, 0.05) is 23.3 Å². The van der Waals surface area contributed by atoms with Crippen LogP contribution < -0.4 is 10.8 Å². The Bertz CT molecular complexity index is 1280. The molecule has 6 nitrogen and oxygen atoms in total. The Balaban J connectivity index is 1.74. The van der Waals surface area contributed by atoms with Crippen LogP contribution in [0.3, 0.4) is 0 Å². The Hall–Kier alpha value is -2.51. The second-order valence-electron chi connectivity index (χ2n) is 9.43. The molecular weight excluding hydrogens is 464 g/mol. The van der Waals surface area contributed by atoms with E-state index in [4.69, 9.17) is 0 Å². The van der Waals surface area contributed by atoms with Crippen molar-refractivity contribution in [2.24, 2.45) is 0 Å². The molecule has 1 aromatic carbocycles. The molecule has 0 unspecified atom stereocenters. The van der Waals surface area contributed by atoms with Crippen LogP contribution in [0.15, 0.2) is 30.5 Å². The average molecular weight is 492 g/mol. The van der Waals surface area contributed by atoms with Crippen molar-refractivity contribution in [1.82, 2.24) is 15.0 Å². The van der Waals surface area contributed by atoms with E-state index < -0.39 is 36.1 Å². The molecule has 0 amide bonds. The zero-order valence-electron chi connectivity index (χ0n) is 19.6. The zero-order valence-corrected chi connectivity index (χ0v) is 20.5. The Morgan fingerprint density at radius 1 is 1.18 bits per heavy atom. The maximum Gasteiger partial charge on any atom is 0.303 e. The number of nitrogens with one attached hydrogen (secondary N) is 1. The summed E-state index contributed by atoms with van der Waals surface area (Å²) in [6.07, 6.45) is 4.59. The number of rotatable bonds is 6. The second-order valence-corrected chi connectivity index (χ2v) is 12.6. The van der Waals surface area contributed by atoms with Gasteiger partial charge in [0.2, 0.25) is 0 Å². The van der Waals surface area contributed by atoms with Gasteiger partial charge in [0.05, 0.1) is 23.3 Å². The number of nitrogens with zero attached hydrogens (tertiary/aromatic N) is 3. The first-order valence-electron chi connectivity index (χ1n) is 11.2. The summed E-state index contributed by atoms with van der Waals surface area (Å²) in [6, 6.07) is 4.71. The van der Waals surface area contributed by atoms with E-state index in [1.807, 2.05) is 0 Å². The van der Waals surface area contributed by atoms with Gasteiger partial charge < -0.3 is 15.0 Å². The zero-order chi connectivity index (χ0) is 24.9. The lowest BCUT2D eigenvalue weighted by molar-refractivity contribution is -0.170. The highest BCUT2D eigenvalue weighted by atomic mass is 31.2. The van der Waals surface area contributed by atoms with Crippen molar-refractivity contribution >= 4 is 29.3 Å². The molecule has 2 N–H and O–H groups in total. The largest absolute Gasteiger partial charge is 0.384 e. The minimum absolute atomic E-state index is 0.00343. The van der Waals surface area contributed by atoms with E-state index in [0.29, 0.717) is 40.3 Å². The van der Waals surface area contributed by atoms with E-state index in [2.05, 4.69) is 20.3 Å². The summed E-state index contributed by atoms with van der Waals surface area (Å²) in [4.78, 5) is 13.2. The SMILES string of the molecule is Cc1nc(N[C@H](C)c2cccc(C(F)(F)C(C)(C)O)c2F)c2cc(P3(=O)CCCC3)ncc2n1. The molecule has 0 saturated carbocycles. The van der Waals surface area contributed by atoms with Gasteiger partial charge in [-0.3, -0.25) is 4.98 Å². The molecule has 0 radical (unpaired) electrons. The van der Waals surface area contributed by atoms with Crippen LogP contribution in [0.4, 0.5) is 19.0 Å². The quantitative estimate of drug-likeness (QED) is 0.455. The average Bonchev–Trinajstić information content (AvgIpc) is 3.20. The van der Waals surface area contributed by atoms with E-state index in [9.17, 15) is 18.5 Å². The van der Waals surface area contributed by atoms with Crippen LogP contribution in [0.5, 0.6) is 0 Å². The highest BCUT2D eigenvalue weighted by Crippen LogP contribution is 2.50. The molecule has 1 aliphatic rings. The minimum atomic E-state index is -3.79. The maximum atomic E-state index is 15.3. The molecule has 0 aliphatic carbocycles. The van der Waals surface area contributed by atoms with Gasteiger partial charge in [0.25, 0.3) is 0 Å². The lowest BCUT2D eigenvalue weighted by Crippen LogP contribution is -2.41. The first-order chi connectivity index (χ1) is 15.8. The summed E-state index contributed by atoms with van der Waals surface area (Å²) >= 11 is 0. The molecule has 182 valence electrons. The molecule has 3 heterocycles. The molecule has 1 fully saturated rings. The molecule has 0 spiro atoms. The van der Waals surface area contributed by atoms with Crippen LogP contribution in [0, 0.1) is 12.7 Å². The lowest BCUT2D eigenvalue weighted by atomic mass is 9.91. The van der Waals surface area contributed by atoms with Crippen molar-refractivity contribution in [2.45, 2.75) is 58.1 Å². The Morgan fingerprint density at radius 3 is 2.50 bits per heavy atom. The van der Waals surface area contributed by atoms with Crippen LogP contribution in [-0.4, -0.2) is 38.0 Å². The number of benzene rings is 1. The normalized spacial score (nSPS) is 17.2. The molecular formula is C24H28F3N4O2P. The number of aliphatic hydroxyl groups is 1. The first-order valence-corrected chi connectivity index (χ1v) is 13.3. The molecule has 1 aliphatic heterocycles. The van der Waals surface area contributed by atoms with Crippen molar-refractivity contribution in [2.75, 3.05) is 17.6 Å². The molecule has 1 atom stereocenters. The van der Waals surface area contributed by atoms with Gasteiger partial charge in [-0.25, -0.2) is 14.4 Å². The van der Waals surface area contributed by atoms with Crippen LogP contribution in [-0.2, 0) is 10.5 Å². The third-order valence-corrected chi connectivity index (χ3v) is 9.50. The fraction of sp³-hybridized carbons (Fsp3) is 0.458. The number of aromatic nitrogens is 3. The summed E-state index contributed by atoms with van der Waals surface area (Å²) in [6.45, 7) is 5.22. The van der Waals surface area contributed by atoms with Crippen molar-refractivity contribution < 1.29 is 22.8 Å². The molecule has 4 rings (SSSR count). The number of fused-ring (bicyclic) bond motifs is 1. The molecule has 3 aromatic rings. The smallest absolute Gasteiger partial charge is 0.303 e. The van der Waals surface area contributed by atoms with Gasteiger partial charge in [-0.2, -0.15) is 8.78 Å². The van der Waals surface area contributed by atoms with Gasteiger partial charge >= 0.3 is 5.92 Å². The van der Waals surface area contributed by atoms with E-state index in [-0.39, 0.29) is 5.56 Å². The number of alkyl halides is 2. The number of halogens is 3. The minimum Gasteiger partial charge on any atom is -0.384 e. The molecule has 1 saturated heterocycles. The summed E-state index contributed by atoms with van der Waals surface area (Å²) in [5.41, 5.74) is -2.24. The third-order valence-electron chi connectivity index (χ3n) is 6.34. The van der Waals surface area contributed by atoms with Crippen molar-refractivity contribution in [1.29, 1.82) is 0 Å². The molecule has 10 heteroatoms. The van der Waals surface area contributed by atoms with Gasteiger partial charge in [-0.1, -0.05) is 12.1 Å². The Morgan fingerprint density at radius 2 is 1.85 bits per heavy atom. The molecule has 0 bridgehead atoms. The highest BCUT2D eigenvalue weighted by molar-refractivity contribution is 7.71. The number of anilines is 1. The van der Waals surface area contributed by atoms with Crippen LogP contribution >= 0.6 is 7.14 Å².